The number of nitrogens with one attached hydrogen (secondary N) is 1. The van der Waals surface area contributed by atoms with Crippen molar-refractivity contribution in [2.24, 2.45) is 0 Å². The van der Waals surface area contributed by atoms with E-state index < -0.39 is 0 Å². The predicted molar refractivity (Wildman–Crippen MR) is 139 cm³/mol. The van der Waals surface area contributed by atoms with Crippen LogP contribution in [0.4, 0.5) is 5.69 Å². The zero-order valence-electron chi connectivity index (χ0n) is 17.8. The SMILES string of the molecule is C=CCn1c(COc2cccc3ccccc23)nnc1SCC(=O)Nc1cc(Cl)c(Cl)cc1Cl. The van der Waals surface area contributed by atoms with E-state index in [1.807, 2.05) is 47.0 Å². The van der Waals surface area contributed by atoms with Gasteiger partial charge in [0.15, 0.2) is 11.0 Å². The number of carbonyl (C=O) groups excluding carboxylic acids is 1. The van der Waals surface area contributed by atoms with Crippen LogP contribution in [0.2, 0.25) is 15.1 Å². The Hall–Kier alpha value is -2.71. The van der Waals surface area contributed by atoms with E-state index in [0.29, 0.717) is 38.3 Å². The number of rotatable bonds is 9. The van der Waals surface area contributed by atoms with E-state index in [0.717, 1.165) is 16.5 Å². The maximum absolute atomic E-state index is 12.5. The number of carbonyl (C=O) groups is 1. The summed E-state index contributed by atoms with van der Waals surface area (Å²) in [7, 11) is 0. The third kappa shape index (κ3) is 5.67. The average Bonchev–Trinajstić information content (AvgIpc) is 3.21. The van der Waals surface area contributed by atoms with Gasteiger partial charge in [0.2, 0.25) is 5.91 Å². The van der Waals surface area contributed by atoms with E-state index in [-0.39, 0.29) is 18.3 Å². The first-order valence-electron chi connectivity index (χ1n) is 10.2. The second kappa shape index (κ2) is 11.1. The number of hydrogen-bond acceptors (Lipinski definition) is 5. The molecule has 0 aliphatic carbocycles. The smallest absolute Gasteiger partial charge is 0.234 e. The van der Waals surface area contributed by atoms with Gasteiger partial charge in [-0.15, -0.1) is 16.8 Å². The second-order valence-electron chi connectivity index (χ2n) is 7.15. The molecule has 174 valence electrons. The van der Waals surface area contributed by atoms with E-state index in [1.165, 1.54) is 23.9 Å². The fourth-order valence-electron chi connectivity index (χ4n) is 3.24. The molecule has 6 nitrogen and oxygen atoms in total. The zero-order valence-corrected chi connectivity index (χ0v) is 20.9. The van der Waals surface area contributed by atoms with Gasteiger partial charge in [0, 0.05) is 11.9 Å². The van der Waals surface area contributed by atoms with Gasteiger partial charge in [-0.2, -0.15) is 0 Å². The summed E-state index contributed by atoms with van der Waals surface area (Å²) >= 11 is 19.3. The molecule has 0 saturated carbocycles. The number of halogens is 3. The highest BCUT2D eigenvalue weighted by molar-refractivity contribution is 7.99. The first-order valence-corrected chi connectivity index (χ1v) is 12.3. The van der Waals surface area contributed by atoms with Gasteiger partial charge in [0.25, 0.3) is 0 Å². The molecule has 1 N–H and O–H groups in total. The van der Waals surface area contributed by atoms with Gasteiger partial charge in [-0.25, -0.2) is 0 Å². The molecule has 0 fully saturated rings. The second-order valence-corrected chi connectivity index (χ2v) is 9.31. The summed E-state index contributed by atoms with van der Waals surface area (Å²) in [6.45, 7) is 4.51. The maximum Gasteiger partial charge on any atom is 0.234 e. The number of thioether (sulfide) groups is 1. The number of ether oxygens (including phenoxy) is 1. The zero-order chi connectivity index (χ0) is 24.1. The van der Waals surface area contributed by atoms with Crippen LogP contribution in [0.1, 0.15) is 5.82 Å². The number of nitrogens with zero attached hydrogens (tertiary/aromatic N) is 3. The summed E-state index contributed by atoms with van der Waals surface area (Å²) in [5, 5.41) is 14.8. The summed E-state index contributed by atoms with van der Waals surface area (Å²) < 4.78 is 7.92. The van der Waals surface area contributed by atoms with Crippen molar-refractivity contribution in [3.63, 3.8) is 0 Å². The largest absolute Gasteiger partial charge is 0.485 e. The third-order valence-electron chi connectivity index (χ3n) is 4.83. The number of fused-ring (bicyclic) bond motifs is 1. The van der Waals surface area contributed by atoms with Gasteiger partial charge in [-0.05, 0) is 23.6 Å². The summed E-state index contributed by atoms with van der Waals surface area (Å²) in [5.41, 5.74) is 0.387. The Morgan fingerprint density at radius 2 is 1.82 bits per heavy atom. The maximum atomic E-state index is 12.5. The minimum absolute atomic E-state index is 0.0933. The molecule has 0 radical (unpaired) electrons. The summed E-state index contributed by atoms with van der Waals surface area (Å²) in [6, 6.07) is 16.9. The number of amides is 1. The van der Waals surface area contributed by atoms with Gasteiger partial charge in [0.1, 0.15) is 12.4 Å². The number of allylic oxidation sites excluding steroid dienone is 1. The van der Waals surface area contributed by atoms with Crippen molar-refractivity contribution in [3.05, 3.63) is 88.1 Å². The molecule has 0 unspecified atom stereocenters. The lowest BCUT2D eigenvalue weighted by atomic mass is 10.1. The van der Waals surface area contributed by atoms with Crippen LogP contribution in [-0.4, -0.2) is 26.4 Å². The van der Waals surface area contributed by atoms with Crippen molar-refractivity contribution in [3.8, 4) is 5.75 Å². The van der Waals surface area contributed by atoms with Crippen molar-refractivity contribution in [1.82, 2.24) is 14.8 Å². The highest BCUT2D eigenvalue weighted by Gasteiger charge is 2.16. The Morgan fingerprint density at radius 1 is 1.06 bits per heavy atom. The van der Waals surface area contributed by atoms with Crippen molar-refractivity contribution in [2.45, 2.75) is 18.3 Å². The summed E-state index contributed by atoms with van der Waals surface area (Å²) in [6.07, 6.45) is 1.74. The van der Waals surface area contributed by atoms with E-state index in [2.05, 4.69) is 22.1 Å². The molecule has 10 heteroatoms. The molecule has 4 rings (SSSR count). The Bertz CT molecular complexity index is 1350. The topological polar surface area (TPSA) is 69.0 Å². The molecule has 0 bridgehead atoms. The Kier molecular flexibility index (Phi) is 8.00. The normalized spacial score (nSPS) is 10.9. The molecule has 0 atom stereocenters. The number of aromatic nitrogens is 3. The van der Waals surface area contributed by atoms with Gasteiger partial charge in [-0.1, -0.05) is 89.0 Å². The molecular weight excluding hydrogens is 515 g/mol. The van der Waals surface area contributed by atoms with Gasteiger partial charge >= 0.3 is 0 Å². The summed E-state index contributed by atoms with van der Waals surface area (Å²) in [5.74, 6) is 1.21. The molecule has 1 aromatic heterocycles. The molecule has 3 aromatic carbocycles. The molecule has 0 aliphatic heterocycles. The van der Waals surface area contributed by atoms with Crippen LogP contribution in [0.15, 0.2) is 72.4 Å². The minimum atomic E-state index is -0.271. The monoisotopic (exact) mass is 532 g/mol. The van der Waals surface area contributed by atoms with Crippen molar-refractivity contribution in [1.29, 1.82) is 0 Å². The highest BCUT2D eigenvalue weighted by Crippen LogP contribution is 2.32. The molecule has 34 heavy (non-hydrogen) atoms. The summed E-state index contributed by atoms with van der Waals surface area (Å²) in [4.78, 5) is 12.5. The molecule has 0 aliphatic rings. The Morgan fingerprint density at radius 3 is 2.65 bits per heavy atom. The van der Waals surface area contributed by atoms with Crippen molar-refractivity contribution in [2.75, 3.05) is 11.1 Å². The van der Waals surface area contributed by atoms with Gasteiger partial charge in [0.05, 0.1) is 26.5 Å². The van der Waals surface area contributed by atoms with E-state index in [1.54, 1.807) is 6.08 Å². The molecule has 0 saturated heterocycles. The Labute approximate surface area is 215 Å². The van der Waals surface area contributed by atoms with E-state index in [9.17, 15) is 4.79 Å². The van der Waals surface area contributed by atoms with Crippen LogP contribution in [0.3, 0.4) is 0 Å². The lowest BCUT2D eigenvalue weighted by Crippen LogP contribution is -2.15. The molecule has 1 heterocycles. The Balaban J connectivity index is 1.43. The molecule has 0 spiro atoms. The first kappa shape index (κ1) is 24.4. The fraction of sp³-hybridized carbons (Fsp3) is 0.125. The number of hydrogen-bond donors (Lipinski definition) is 1. The van der Waals surface area contributed by atoms with E-state index >= 15 is 0 Å². The van der Waals surface area contributed by atoms with Crippen LogP contribution >= 0.6 is 46.6 Å². The minimum Gasteiger partial charge on any atom is -0.485 e. The number of benzene rings is 3. The average molecular weight is 534 g/mol. The highest BCUT2D eigenvalue weighted by atomic mass is 35.5. The lowest BCUT2D eigenvalue weighted by Gasteiger charge is -2.11. The molecular formula is C24H19Cl3N4O2S. The lowest BCUT2D eigenvalue weighted by molar-refractivity contribution is -0.113. The van der Waals surface area contributed by atoms with Crippen LogP contribution < -0.4 is 10.1 Å². The van der Waals surface area contributed by atoms with E-state index in [4.69, 9.17) is 39.5 Å². The first-order chi connectivity index (χ1) is 16.5. The molecule has 1 amide bonds. The standard InChI is InChI=1S/C24H19Cl3N4O2S/c1-2-10-31-22(13-33-21-9-5-7-15-6-3-4-8-16(15)21)29-30-24(31)34-14-23(32)28-20-12-18(26)17(25)11-19(20)27/h2-9,11-12H,1,10,13-14H2,(H,28,32). The number of anilines is 1. The quantitative estimate of drug-likeness (QED) is 0.144. The van der Waals surface area contributed by atoms with Crippen LogP contribution in [0.5, 0.6) is 5.75 Å². The van der Waals surface area contributed by atoms with Gasteiger partial charge < -0.3 is 10.1 Å². The van der Waals surface area contributed by atoms with Crippen LogP contribution in [0, 0.1) is 0 Å². The predicted octanol–water partition coefficient (Wildman–Crippen LogP) is 6.89. The van der Waals surface area contributed by atoms with Crippen molar-refractivity contribution < 1.29 is 9.53 Å². The van der Waals surface area contributed by atoms with Crippen LogP contribution in [0.25, 0.3) is 10.8 Å². The van der Waals surface area contributed by atoms with Crippen LogP contribution in [-0.2, 0) is 17.9 Å². The molecule has 4 aromatic rings. The van der Waals surface area contributed by atoms with Crippen molar-refractivity contribution >= 4 is 68.9 Å². The third-order valence-corrected chi connectivity index (χ3v) is 6.83. The fourth-order valence-corrected chi connectivity index (χ4v) is 4.60. The van der Waals surface area contributed by atoms with Gasteiger partial charge in [-0.3, -0.25) is 9.36 Å².